The summed E-state index contributed by atoms with van der Waals surface area (Å²) in [4.78, 5) is 26.4. The molecule has 0 spiro atoms. The molecule has 8 atom stereocenters. The minimum atomic E-state index is -1.64. The van der Waals surface area contributed by atoms with E-state index in [1.54, 1.807) is 6.08 Å². The number of aliphatic hydroxyl groups excluding tert-OH is 5. The van der Waals surface area contributed by atoms with Crippen molar-refractivity contribution in [3.05, 3.63) is 109 Å². The van der Waals surface area contributed by atoms with Gasteiger partial charge in [0.15, 0.2) is 12.4 Å². The van der Waals surface area contributed by atoms with Crippen molar-refractivity contribution < 1.29 is 49.3 Å². The van der Waals surface area contributed by atoms with Crippen LogP contribution in [0.3, 0.4) is 0 Å². The molecule has 0 aromatic carbocycles. The zero-order valence-corrected chi connectivity index (χ0v) is 45.7. The molecule has 1 rings (SSSR count). The molecule has 11 heteroatoms. The van der Waals surface area contributed by atoms with Gasteiger partial charge < -0.3 is 45.1 Å². The summed E-state index contributed by atoms with van der Waals surface area (Å²) in [5.74, 6) is -1.25. The Labute approximate surface area is 443 Å². The molecule has 11 nitrogen and oxygen atoms in total. The smallest absolute Gasteiger partial charge is 0.306 e. The summed E-state index contributed by atoms with van der Waals surface area (Å²) in [5, 5.41) is 56.8. The molecule has 8 unspecified atom stereocenters. The number of esters is 1. The highest BCUT2D eigenvalue weighted by atomic mass is 16.7. The summed E-state index contributed by atoms with van der Waals surface area (Å²) < 4.78 is 17.5. The van der Waals surface area contributed by atoms with Crippen LogP contribution in [0.2, 0.25) is 0 Å². The van der Waals surface area contributed by atoms with Crippen molar-refractivity contribution >= 4 is 11.9 Å². The second-order valence-corrected chi connectivity index (χ2v) is 19.3. The first kappa shape index (κ1) is 67.3. The summed E-state index contributed by atoms with van der Waals surface area (Å²) in [6, 6.07) is -1.04. The van der Waals surface area contributed by atoms with Crippen LogP contribution >= 0.6 is 0 Å². The van der Waals surface area contributed by atoms with Crippen molar-refractivity contribution in [1.82, 2.24) is 5.32 Å². The number of amides is 1. The third kappa shape index (κ3) is 37.7. The van der Waals surface area contributed by atoms with Gasteiger partial charge in [-0.3, -0.25) is 9.59 Å². The molecule has 0 saturated carbocycles. The lowest BCUT2D eigenvalue weighted by Gasteiger charge is -2.41. The molecular formula is C62H103NO10. The molecule has 1 aliphatic rings. The van der Waals surface area contributed by atoms with E-state index in [1.807, 2.05) is 18.2 Å². The molecule has 1 aliphatic heterocycles. The average Bonchev–Trinajstić information content (AvgIpc) is 3.39. The second-order valence-electron chi connectivity index (χ2n) is 19.3. The normalized spacial score (nSPS) is 20.2. The Morgan fingerprint density at radius 1 is 0.562 bits per heavy atom. The van der Waals surface area contributed by atoms with Gasteiger partial charge in [0.05, 0.1) is 25.4 Å². The fourth-order valence-electron chi connectivity index (χ4n) is 8.20. The van der Waals surface area contributed by atoms with Crippen molar-refractivity contribution in [1.29, 1.82) is 0 Å². The van der Waals surface area contributed by atoms with E-state index in [4.69, 9.17) is 14.2 Å². The fourth-order valence-corrected chi connectivity index (χ4v) is 8.20. The summed E-state index contributed by atoms with van der Waals surface area (Å²) >= 11 is 0. The molecule has 0 aromatic heterocycles. The molecular weight excluding hydrogens is 919 g/mol. The van der Waals surface area contributed by atoms with Crippen LogP contribution in [-0.4, -0.2) is 99.6 Å². The van der Waals surface area contributed by atoms with Gasteiger partial charge in [-0.15, -0.1) is 0 Å². The van der Waals surface area contributed by atoms with E-state index in [9.17, 15) is 35.1 Å². The predicted octanol–water partition coefficient (Wildman–Crippen LogP) is 12.9. The first-order chi connectivity index (χ1) is 35.7. The number of ether oxygens (including phenoxy) is 3. The highest BCUT2D eigenvalue weighted by molar-refractivity contribution is 5.80. The Morgan fingerprint density at radius 3 is 1.63 bits per heavy atom. The highest BCUT2D eigenvalue weighted by Gasteiger charge is 2.47. The molecule has 0 aliphatic carbocycles. The Bertz CT molecular complexity index is 1600. The number of rotatable bonds is 46. The van der Waals surface area contributed by atoms with Crippen molar-refractivity contribution in [2.24, 2.45) is 0 Å². The first-order valence-electron chi connectivity index (χ1n) is 28.7. The highest BCUT2D eigenvalue weighted by Crippen LogP contribution is 2.26. The van der Waals surface area contributed by atoms with Gasteiger partial charge in [-0.2, -0.15) is 0 Å². The first-order valence-corrected chi connectivity index (χ1v) is 28.7. The number of nitrogens with one attached hydrogen (secondary N) is 1. The number of unbranched alkanes of at least 4 members (excludes halogenated alkanes) is 18. The van der Waals surface area contributed by atoms with E-state index in [0.29, 0.717) is 12.8 Å². The minimum absolute atomic E-state index is 0.0768. The van der Waals surface area contributed by atoms with Crippen LogP contribution in [0.4, 0.5) is 0 Å². The SMILES string of the molecule is CC/C=C\C/C=C\C/C=C\C/C=C\C/C=C\CCCCCC(=O)OC1C(OCC(NC(=O)C(O)CCCCCCCC/C=C/C=C/C=C/CC)C(O)/C=C/CCCCCCCCCCC)OC(CO)C(O)C1O. The lowest BCUT2D eigenvalue weighted by atomic mass is 9.99. The van der Waals surface area contributed by atoms with Crippen LogP contribution in [0.15, 0.2) is 109 Å². The monoisotopic (exact) mass is 1020 g/mol. The van der Waals surface area contributed by atoms with Crippen molar-refractivity contribution in [3.8, 4) is 0 Å². The Morgan fingerprint density at radius 2 is 1.05 bits per heavy atom. The van der Waals surface area contributed by atoms with Gasteiger partial charge in [-0.25, -0.2) is 0 Å². The van der Waals surface area contributed by atoms with Crippen LogP contribution in [0, 0.1) is 0 Å². The lowest BCUT2D eigenvalue weighted by Crippen LogP contribution is -2.61. The molecule has 1 heterocycles. The number of carbonyl (C=O) groups is 2. The fraction of sp³-hybridized carbons (Fsp3) is 0.677. The molecule has 0 bridgehead atoms. The van der Waals surface area contributed by atoms with Crippen LogP contribution in [0.1, 0.15) is 207 Å². The number of aliphatic hydroxyl groups is 5. The largest absolute Gasteiger partial charge is 0.454 e. The van der Waals surface area contributed by atoms with E-state index in [2.05, 4.69) is 111 Å². The Hall–Kier alpha value is -3.68. The number of allylic oxidation sites excluding steroid dienone is 17. The van der Waals surface area contributed by atoms with Crippen LogP contribution in [0.5, 0.6) is 0 Å². The maximum absolute atomic E-state index is 13.4. The van der Waals surface area contributed by atoms with Crippen molar-refractivity contribution in [2.45, 2.75) is 256 Å². The van der Waals surface area contributed by atoms with E-state index >= 15 is 0 Å². The zero-order valence-electron chi connectivity index (χ0n) is 45.7. The molecule has 416 valence electrons. The van der Waals surface area contributed by atoms with Crippen LogP contribution in [0.25, 0.3) is 0 Å². The third-order valence-corrected chi connectivity index (χ3v) is 12.7. The van der Waals surface area contributed by atoms with Gasteiger partial charge in [0, 0.05) is 6.42 Å². The third-order valence-electron chi connectivity index (χ3n) is 12.7. The molecule has 6 N–H and O–H groups in total. The average molecular weight is 1020 g/mol. The van der Waals surface area contributed by atoms with Gasteiger partial charge in [-0.05, 0) is 89.9 Å². The van der Waals surface area contributed by atoms with E-state index in [-0.39, 0.29) is 19.4 Å². The maximum atomic E-state index is 13.4. The predicted molar refractivity (Wildman–Crippen MR) is 301 cm³/mol. The zero-order chi connectivity index (χ0) is 53.3. The van der Waals surface area contributed by atoms with Gasteiger partial charge in [-0.1, -0.05) is 220 Å². The molecule has 73 heavy (non-hydrogen) atoms. The topological polar surface area (TPSA) is 175 Å². The molecule has 1 saturated heterocycles. The Balaban J connectivity index is 2.74. The summed E-state index contributed by atoms with van der Waals surface area (Å²) in [6.45, 7) is 5.48. The lowest BCUT2D eigenvalue weighted by molar-refractivity contribution is -0.305. The number of hydrogen-bond donors (Lipinski definition) is 6. The van der Waals surface area contributed by atoms with Gasteiger partial charge in [0.25, 0.3) is 0 Å². The van der Waals surface area contributed by atoms with E-state index in [0.717, 1.165) is 122 Å². The van der Waals surface area contributed by atoms with Gasteiger partial charge in [0.2, 0.25) is 5.91 Å². The molecule has 0 radical (unpaired) electrons. The van der Waals surface area contributed by atoms with Crippen molar-refractivity contribution in [2.75, 3.05) is 13.2 Å². The molecule has 0 aromatic rings. The number of carbonyl (C=O) groups excluding carboxylic acids is 2. The van der Waals surface area contributed by atoms with E-state index < -0.39 is 67.4 Å². The molecule has 1 amide bonds. The van der Waals surface area contributed by atoms with Crippen molar-refractivity contribution in [3.63, 3.8) is 0 Å². The number of hydrogen-bond acceptors (Lipinski definition) is 10. The standard InChI is InChI=1S/C62H103NO10/c1-4-7-10-13-16-19-22-24-26-27-28-29-30-32-35-38-41-44-47-50-57(67)73-60-59(69)58(68)56(51-64)72-62(60)71-52-53(54(65)48-45-42-39-36-33-21-18-15-12-9-6-3)63-61(70)55(66)49-46-43-40-37-34-31-25-23-20-17-14-11-8-5-2/h7-8,10-11,14,16-17,19-20,23-24,26,28-29,32,35,45,48,53-56,58-60,62,64-66,68-69H,4-6,9,12-13,15,18,21-22,25,27,30-31,33-34,36-44,46-47,49-52H2,1-3H3,(H,63,70)/b10-7-,11-8+,17-14+,19-16-,23-20+,26-24-,29-28-,35-32-,48-45+. The summed E-state index contributed by atoms with van der Waals surface area (Å²) in [7, 11) is 0. The summed E-state index contributed by atoms with van der Waals surface area (Å²) in [6.07, 6.45) is 55.6. The van der Waals surface area contributed by atoms with E-state index in [1.165, 1.54) is 38.5 Å². The Kier molecular flexibility index (Phi) is 45.4. The maximum Gasteiger partial charge on any atom is 0.306 e. The van der Waals surface area contributed by atoms with Gasteiger partial charge in [0.1, 0.15) is 24.4 Å². The minimum Gasteiger partial charge on any atom is -0.454 e. The second kappa shape index (κ2) is 49.2. The van der Waals surface area contributed by atoms with Crippen LogP contribution in [-0.2, 0) is 23.8 Å². The summed E-state index contributed by atoms with van der Waals surface area (Å²) in [5.41, 5.74) is 0. The van der Waals surface area contributed by atoms with Crippen LogP contribution < -0.4 is 5.32 Å². The quantitative estimate of drug-likeness (QED) is 0.0149. The van der Waals surface area contributed by atoms with Gasteiger partial charge >= 0.3 is 5.97 Å². The molecule has 1 fully saturated rings.